The van der Waals surface area contributed by atoms with Crippen molar-refractivity contribution in [2.45, 2.75) is 0 Å². The maximum atomic E-state index is 10.4. The third-order valence-corrected chi connectivity index (χ3v) is 1.53. The van der Waals surface area contributed by atoms with Crippen molar-refractivity contribution >= 4 is 11.7 Å². The molecule has 74 valence electrons. The van der Waals surface area contributed by atoms with Gasteiger partial charge in [-0.2, -0.15) is 0 Å². The second-order valence-electron chi connectivity index (χ2n) is 2.70. The molecule has 0 unspecified atom stereocenters. The van der Waals surface area contributed by atoms with Gasteiger partial charge in [0.25, 0.3) is 5.91 Å². The molecule has 1 rings (SSSR count). The lowest BCUT2D eigenvalue weighted by Gasteiger charge is -2.04. The van der Waals surface area contributed by atoms with Crippen LogP contribution in [0.5, 0.6) is 5.75 Å². The van der Waals surface area contributed by atoms with Crippen molar-refractivity contribution in [2.75, 3.05) is 6.61 Å². The molecule has 14 heavy (non-hydrogen) atoms. The minimum atomic E-state index is -0.543. The molecule has 0 saturated carbocycles. The Labute approximate surface area is 81.2 Å². The van der Waals surface area contributed by atoms with Gasteiger partial charge in [-0.15, -0.1) is 0 Å². The second-order valence-corrected chi connectivity index (χ2v) is 2.70. The summed E-state index contributed by atoms with van der Waals surface area (Å²) in [6.07, 6.45) is 0. The van der Waals surface area contributed by atoms with Crippen LogP contribution >= 0.6 is 0 Å². The topological polar surface area (TPSA) is 102 Å². The van der Waals surface area contributed by atoms with Crippen LogP contribution in [0.15, 0.2) is 24.3 Å². The predicted molar refractivity (Wildman–Crippen MR) is 52.1 cm³/mol. The summed E-state index contributed by atoms with van der Waals surface area (Å²) in [5.41, 5.74) is 10.7. The van der Waals surface area contributed by atoms with Crippen LogP contribution in [-0.4, -0.2) is 18.3 Å². The summed E-state index contributed by atoms with van der Waals surface area (Å²) < 4.78 is 5.03. The Morgan fingerprint density at radius 2 is 2.14 bits per heavy atom. The van der Waals surface area contributed by atoms with E-state index >= 15 is 0 Å². The highest BCUT2D eigenvalue weighted by molar-refractivity contribution is 5.95. The van der Waals surface area contributed by atoms with Gasteiger partial charge < -0.3 is 16.2 Å². The zero-order valence-corrected chi connectivity index (χ0v) is 7.49. The summed E-state index contributed by atoms with van der Waals surface area (Å²) in [7, 11) is 0. The van der Waals surface area contributed by atoms with Crippen LogP contribution in [0, 0.1) is 5.41 Å². The predicted octanol–water partition coefficient (Wildman–Crippen LogP) is -0.165. The first-order valence-corrected chi connectivity index (χ1v) is 3.95. The summed E-state index contributed by atoms with van der Waals surface area (Å²) in [6.45, 7) is -0.179. The number of amidine groups is 1. The number of nitrogens with one attached hydrogen (secondary N) is 1. The van der Waals surface area contributed by atoms with E-state index in [1.165, 1.54) is 0 Å². The average Bonchev–Trinajstić information content (AvgIpc) is 2.15. The number of nitrogen functional groups attached to an aromatic ring is 1. The van der Waals surface area contributed by atoms with Crippen LogP contribution in [0.4, 0.5) is 0 Å². The Hall–Kier alpha value is -2.04. The molecule has 0 aliphatic heterocycles. The maximum absolute atomic E-state index is 10.4. The van der Waals surface area contributed by atoms with Crippen LogP contribution in [-0.2, 0) is 4.79 Å². The molecule has 0 atom stereocenters. The Morgan fingerprint density at radius 3 is 2.71 bits per heavy atom. The number of hydrogen-bond acceptors (Lipinski definition) is 3. The molecule has 5 nitrogen and oxygen atoms in total. The summed E-state index contributed by atoms with van der Waals surface area (Å²) in [5.74, 6) is -0.121. The van der Waals surface area contributed by atoms with Crippen molar-refractivity contribution < 1.29 is 9.53 Å². The molecule has 5 N–H and O–H groups in total. The molecule has 0 aliphatic rings. The Balaban J connectivity index is 2.73. The van der Waals surface area contributed by atoms with E-state index in [1.807, 2.05) is 0 Å². The molecule has 1 aromatic carbocycles. The summed E-state index contributed by atoms with van der Waals surface area (Å²) in [5, 5.41) is 7.18. The number of carbonyl (C=O) groups excluding carboxylic acids is 1. The third-order valence-electron chi connectivity index (χ3n) is 1.53. The fourth-order valence-corrected chi connectivity index (χ4v) is 0.908. The van der Waals surface area contributed by atoms with Crippen molar-refractivity contribution in [2.24, 2.45) is 11.5 Å². The van der Waals surface area contributed by atoms with Gasteiger partial charge in [0.15, 0.2) is 6.61 Å². The van der Waals surface area contributed by atoms with Gasteiger partial charge in [-0.05, 0) is 12.1 Å². The Morgan fingerprint density at radius 1 is 1.43 bits per heavy atom. The molecule has 5 heteroatoms. The van der Waals surface area contributed by atoms with Crippen LogP contribution in [0.2, 0.25) is 0 Å². The minimum Gasteiger partial charge on any atom is -0.484 e. The lowest BCUT2D eigenvalue weighted by molar-refractivity contribution is -0.119. The molecule has 1 aromatic rings. The number of carbonyl (C=O) groups is 1. The molecule has 0 fully saturated rings. The summed E-state index contributed by atoms with van der Waals surface area (Å²) in [4.78, 5) is 10.4. The lowest BCUT2D eigenvalue weighted by atomic mass is 10.2. The van der Waals surface area contributed by atoms with Gasteiger partial charge in [-0.1, -0.05) is 12.1 Å². The van der Waals surface area contributed by atoms with Crippen molar-refractivity contribution in [3.05, 3.63) is 29.8 Å². The summed E-state index contributed by atoms with van der Waals surface area (Å²) in [6, 6.07) is 6.60. The van der Waals surface area contributed by atoms with Crippen molar-refractivity contribution in [3.8, 4) is 5.75 Å². The quantitative estimate of drug-likeness (QED) is 0.457. The smallest absolute Gasteiger partial charge is 0.255 e. The van der Waals surface area contributed by atoms with Crippen LogP contribution < -0.4 is 16.2 Å². The molecule has 0 aromatic heterocycles. The van der Waals surface area contributed by atoms with E-state index in [0.29, 0.717) is 11.3 Å². The normalized spacial score (nSPS) is 9.43. The van der Waals surface area contributed by atoms with Gasteiger partial charge in [-0.25, -0.2) is 0 Å². The van der Waals surface area contributed by atoms with Gasteiger partial charge in [0.05, 0.1) is 0 Å². The van der Waals surface area contributed by atoms with E-state index < -0.39 is 5.91 Å². The first-order valence-electron chi connectivity index (χ1n) is 3.95. The van der Waals surface area contributed by atoms with Crippen LogP contribution in [0.1, 0.15) is 5.56 Å². The van der Waals surface area contributed by atoms with Gasteiger partial charge >= 0.3 is 0 Å². The highest BCUT2D eigenvalue weighted by Gasteiger charge is 2.00. The van der Waals surface area contributed by atoms with Gasteiger partial charge in [0, 0.05) is 5.56 Å². The number of rotatable bonds is 4. The van der Waals surface area contributed by atoms with Crippen molar-refractivity contribution in [3.63, 3.8) is 0 Å². The summed E-state index contributed by atoms with van der Waals surface area (Å²) >= 11 is 0. The van der Waals surface area contributed by atoms with Crippen LogP contribution in [0.3, 0.4) is 0 Å². The Kier molecular flexibility index (Phi) is 3.06. The SMILES string of the molecule is N=C(N)c1cccc(OCC(N)=O)c1. The van der Waals surface area contributed by atoms with Gasteiger partial charge in [0.1, 0.15) is 11.6 Å². The monoisotopic (exact) mass is 193 g/mol. The fraction of sp³-hybridized carbons (Fsp3) is 0.111. The largest absolute Gasteiger partial charge is 0.484 e. The first-order chi connectivity index (χ1) is 6.59. The van der Waals surface area contributed by atoms with Crippen LogP contribution in [0.25, 0.3) is 0 Å². The van der Waals surface area contributed by atoms with Crippen molar-refractivity contribution in [1.29, 1.82) is 5.41 Å². The number of ether oxygens (including phenoxy) is 1. The molecular formula is C9H11N3O2. The van der Waals surface area contributed by atoms with Gasteiger partial charge in [0.2, 0.25) is 0 Å². The van der Waals surface area contributed by atoms with E-state index in [1.54, 1.807) is 24.3 Å². The van der Waals surface area contributed by atoms with E-state index in [0.717, 1.165) is 0 Å². The molecule has 0 saturated heterocycles. The minimum absolute atomic E-state index is 0.0467. The molecule has 0 bridgehead atoms. The molecule has 0 heterocycles. The third kappa shape index (κ3) is 2.78. The van der Waals surface area contributed by atoms with E-state index in [9.17, 15) is 4.79 Å². The highest BCUT2D eigenvalue weighted by Crippen LogP contribution is 2.12. The number of hydrogen-bond donors (Lipinski definition) is 3. The molecular weight excluding hydrogens is 182 g/mol. The number of amides is 1. The number of primary amides is 1. The van der Waals surface area contributed by atoms with Gasteiger partial charge in [-0.3, -0.25) is 10.2 Å². The fourth-order valence-electron chi connectivity index (χ4n) is 0.908. The van der Waals surface area contributed by atoms with Crippen molar-refractivity contribution in [1.82, 2.24) is 0 Å². The highest BCUT2D eigenvalue weighted by atomic mass is 16.5. The lowest BCUT2D eigenvalue weighted by Crippen LogP contribution is -2.20. The molecule has 0 spiro atoms. The number of nitrogens with two attached hydrogens (primary N) is 2. The zero-order valence-electron chi connectivity index (χ0n) is 7.49. The maximum Gasteiger partial charge on any atom is 0.255 e. The first kappa shape index (κ1) is 10.0. The van der Waals surface area contributed by atoms with E-state index in [2.05, 4.69) is 0 Å². The molecule has 0 aliphatic carbocycles. The molecule has 0 radical (unpaired) electrons. The molecule has 1 amide bonds. The van der Waals surface area contributed by atoms with E-state index in [-0.39, 0.29) is 12.4 Å². The standard InChI is InChI=1S/C9H11N3O2/c10-8(13)5-14-7-3-1-2-6(4-7)9(11)12/h1-4H,5H2,(H2,10,13)(H3,11,12). The number of benzene rings is 1. The zero-order chi connectivity index (χ0) is 10.6. The second kappa shape index (κ2) is 4.27. The average molecular weight is 193 g/mol. The van der Waals surface area contributed by atoms with E-state index in [4.69, 9.17) is 21.6 Å². The Bertz CT molecular complexity index is 363.